The fourth-order valence-corrected chi connectivity index (χ4v) is 3.19. The van der Waals surface area contributed by atoms with Crippen LogP contribution in [0, 0.1) is 0 Å². The quantitative estimate of drug-likeness (QED) is 0.328. The molecular weight excluding hydrogens is 282 g/mol. The van der Waals surface area contributed by atoms with Crippen LogP contribution < -0.4 is 0 Å². The van der Waals surface area contributed by atoms with Gasteiger partial charge >= 0.3 is 0 Å². The van der Waals surface area contributed by atoms with Crippen molar-refractivity contribution in [3.05, 3.63) is 12.2 Å². The number of aromatic nitrogens is 3. The Hall–Kier alpha value is -0.860. The summed E-state index contributed by atoms with van der Waals surface area (Å²) in [5.41, 5.74) is 0. The van der Waals surface area contributed by atoms with Crippen molar-refractivity contribution in [3.8, 4) is 0 Å². The Morgan fingerprint density at radius 2 is 1.09 bits per heavy atom. The molecule has 134 valence electrons. The minimum atomic E-state index is 1.04. The molecule has 0 aromatic carbocycles. The number of aryl methyl sites for hydroxylation is 1. The molecule has 3 heteroatoms. The highest BCUT2D eigenvalue weighted by molar-refractivity contribution is 4.79. The van der Waals surface area contributed by atoms with E-state index in [1.807, 2.05) is 0 Å². The van der Waals surface area contributed by atoms with Crippen LogP contribution in [0.4, 0.5) is 0 Å². The molecule has 0 saturated carbocycles. The van der Waals surface area contributed by atoms with Gasteiger partial charge in [0.2, 0.25) is 0 Å². The molecule has 0 spiro atoms. The lowest BCUT2D eigenvalue weighted by Gasteiger charge is -2.03. The highest BCUT2D eigenvalue weighted by Crippen LogP contribution is 2.13. The minimum absolute atomic E-state index is 1.04. The van der Waals surface area contributed by atoms with Crippen molar-refractivity contribution in [2.75, 3.05) is 0 Å². The lowest BCUT2D eigenvalue weighted by atomic mass is 10.0. The first-order chi connectivity index (χ1) is 11.4. The third-order valence-corrected chi connectivity index (χ3v) is 4.73. The summed E-state index contributed by atoms with van der Waals surface area (Å²) in [4.78, 5) is 4.16. The Bertz CT molecular complexity index is 322. The van der Waals surface area contributed by atoms with Crippen LogP contribution in [0.15, 0.2) is 6.33 Å². The van der Waals surface area contributed by atoms with Crippen molar-refractivity contribution in [1.82, 2.24) is 15.2 Å². The normalized spacial score (nSPS) is 11.2. The molecule has 3 nitrogen and oxygen atoms in total. The summed E-state index contributed by atoms with van der Waals surface area (Å²) in [6, 6.07) is 0. The molecule has 0 atom stereocenters. The summed E-state index contributed by atoms with van der Waals surface area (Å²) in [5, 5.41) is 6.81. The van der Waals surface area contributed by atoms with Crippen molar-refractivity contribution >= 4 is 0 Å². The molecule has 0 amide bonds. The van der Waals surface area contributed by atoms with E-state index in [4.69, 9.17) is 0 Å². The SMILES string of the molecule is CCCCCCCCCCCCCCCCCCc1ncn[nH]1. The molecule has 1 aromatic rings. The van der Waals surface area contributed by atoms with Gasteiger partial charge in [0, 0.05) is 6.42 Å². The third kappa shape index (κ3) is 13.3. The molecule has 0 radical (unpaired) electrons. The second kappa shape index (κ2) is 16.0. The van der Waals surface area contributed by atoms with Crippen LogP contribution in [0.1, 0.15) is 115 Å². The molecule has 0 saturated heterocycles. The molecule has 0 unspecified atom stereocenters. The molecular formula is C20H39N3. The summed E-state index contributed by atoms with van der Waals surface area (Å²) in [5.74, 6) is 1.04. The first-order valence-electron chi connectivity index (χ1n) is 10.3. The molecule has 1 heterocycles. The maximum Gasteiger partial charge on any atom is 0.137 e. The van der Waals surface area contributed by atoms with Gasteiger partial charge < -0.3 is 0 Å². The zero-order valence-electron chi connectivity index (χ0n) is 15.5. The summed E-state index contributed by atoms with van der Waals surface area (Å²) in [6.07, 6.45) is 25.4. The predicted molar refractivity (Wildman–Crippen MR) is 99.6 cm³/mol. The van der Waals surface area contributed by atoms with E-state index < -0.39 is 0 Å². The smallest absolute Gasteiger partial charge is 0.137 e. The van der Waals surface area contributed by atoms with Crippen LogP contribution in [0.25, 0.3) is 0 Å². The van der Waals surface area contributed by atoms with Gasteiger partial charge in [0.1, 0.15) is 12.2 Å². The molecule has 0 bridgehead atoms. The van der Waals surface area contributed by atoms with Crippen LogP contribution in [0.5, 0.6) is 0 Å². The highest BCUT2D eigenvalue weighted by atomic mass is 15.2. The average molecular weight is 322 g/mol. The van der Waals surface area contributed by atoms with Gasteiger partial charge in [0.15, 0.2) is 0 Å². The Morgan fingerprint density at radius 1 is 0.652 bits per heavy atom. The molecule has 1 aromatic heterocycles. The van der Waals surface area contributed by atoms with Gasteiger partial charge in [-0.05, 0) is 6.42 Å². The topological polar surface area (TPSA) is 41.6 Å². The lowest BCUT2D eigenvalue weighted by molar-refractivity contribution is 0.529. The molecule has 23 heavy (non-hydrogen) atoms. The van der Waals surface area contributed by atoms with E-state index in [-0.39, 0.29) is 0 Å². The van der Waals surface area contributed by atoms with Crippen LogP contribution in [0.2, 0.25) is 0 Å². The second-order valence-electron chi connectivity index (χ2n) is 6.99. The number of hydrogen-bond donors (Lipinski definition) is 1. The third-order valence-electron chi connectivity index (χ3n) is 4.73. The van der Waals surface area contributed by atoms with E-state index >= 15 is 0 Å². The van der Waals surface area contributed by atoms with E-state index in [0.717, 1.165) is 12.2 Å². The molecule has 1 N–H and O–H groups in total. The van der Waals surface area contributed by atoms with Crippen molar-refractivity contribution in [1.29, 1.82) is 0 Å². The number of unbranched alkanes of at least 4 members (excludes halogenated alkanes) is 15. The Morgan fingerprint density at radius 3 is 1.48 bits per heavy atom. The maximum absolute atomic E-state index is 4.16. The fraction of sp³-hybridized carbons (Fsp3) is 0.900. The van der Waals surface area contributed by atoms with Crippen molar-refractivity contribution in [2.45, 2.75) is 116 Å². The van der Waals surface area contributed by atoms with Crippen molar-refractivity contribution in [3.63, 3.8) is 0 Å². The van der Waals surface area contributed by atoms with Crippen molar-refractivity contribution < 1.29 is 0 Å². The van der Waals surface area contributed by atoms with Crippen molar-refractivity contribution in [2.24, 2.45) is 0 Å². The first-order valence-corrected chi connectivity index (χ1v) is 10.3. The Labute approximate surface area is 144 Å². The Balaban J connectivity index is 1.67. The maximum atomic E-state index is 4.16. The Kier molecular flexibility index (Phi) is 14.1. The van der Waals surface area contributed by atoms with Gasteiger partial charge in [-0.2, -0.15) is 5.10 Å². The summed E-state index contributed by atoms with van der Waals surface area (Å²) < 4.78 is 0. The number of hydrogen-bond acceptors (Lipinski definition) is 2. The lowest BCUT2D eigenvalue weighted by Crippen LogP contribution is -1.89. The number of rotatable bonds is 17. The average Bonchev–Trinajstić information content (AvgIpc) is 3.08. The first kappa shape index (κ1) is 20.2. The summed E-state index contributed by atoms with van der Waals surface area (Å²) in [7, 11) is 0. The molecule has 1 rings (SSSR count). The highest BCUT2D eigenvalue weighted by Gasteiger charge is 1.96. The zero-order valence-corrected chi connectivity index (χ0v) is 15.5. The standard InChI is InChI=1S/C20H39N3/c1-2-3-4-5-6-7-8-9-10-11-12-13-14-15-16-17-18-20-21-19-22-23-20/h19H,2-18H2,1H3,(H,21,22,23). The second-order valence-corrected chi connectivity index (χ2v) is 6.99. The summed E-state index contributed by atoms with van der Waals surface area (Å²) in [6.45, 7) is 2.29. The largest absolute Gasteiger partial charge is 0.263 e. The van der Waals surface area contributed by atoms with E-state index in [1.54, 1.807) is 6.33 Å². The predicted octanol–water partition coefficient (Wildman–Crippen LogP) is 6.61. The minimum Gasteiger partial charge on any atom is -0.263 e. The molecule has 0 aliphatic carbocycles. The van der Waals surface area contributed by atoms with Crippen LogP contribution in [-0.2, 0) is 6.42 Å². The van der Waals surface area contributed by atoms with Gasteiger partial charge in [0.25, 0.3) is 0 Å². The van der Waals surface area contributed by atoms with Gasteiger partial charge in [-0.15, -0.1) is 0 Å². The van der Waals surface area contributed by atoms with Crippen LogP contribution in [0.3, 0.4) is 0 Å². The molecule has 0 aliphatic rings. The van der Waals surface area contributed by atoms with Gasteiger partial charge in [-0.3, -0.25) is 5.10 Å². The van der Waals surface area contributed by atoms with Gasteiger partial charge in [0.05, 0.1) is 0 Å². The van der Waals surface area contributed by atoms with Crippen LogP contribution in [-0.4, -0.2) is 15.2 Å². The number of nitrogens with zero attached hydrogens (tertiary/aromatic N) is 2. The van der Waals surface area contributed by atoms with E-state index in [2.05, 4.69) is 22.1 Å². The molecule has 0 aliphatic heterocycles. The number of aromatic amines is 1. The van der Waals surface area contributed by atoms with Gasteiger partial charge in [-0.1, -0.05) is 103 Å². The van der Waals surface area contributed by atoms with E-state index in [9.17, 15) is 0 Å². The zero-order chi connectivity index (χ0) is 16.4. The van der Waals surface area contributed by atoms with E-state index in [1.165, 1.54) is 103 Å². The monoisotopic (exact) mass is 321 g/mol. The van der Waals surface area contributed by atoms with Crippen LogP contribution >= 0.6 is 0 Å². The number of nitrogens with one attached hydrogen (secondary N) is 1. The fourth-order valence-electron chi connectivity index (χ4n) is 3.19. The van der Waals surface area contributed by atoms with E-state index in [0.29, 0.717) is 0 Å². The number of H-pyrrole nitrogens is 1. The molecule has 0 fully saturated rings. The van der Waals surface area contributed by atoms with Gasteiger partial charge in [-0.25, -0.2) is 4.98 Å². The summed E-state index contributed by atoms with van der Waals surface area (Å²) >= 11 is 0.